The van der Waals surface area contributed by atoms with E-state index in [0.29, 0.717) is 0 Å². The van der Waals surface area contributed by atoms with Crippen LogP contribution in [0.25, 0.3) is 0 Å². The molecule has 0 aliphatic carbocycles. The van der Waals surface area contributed by atoms with Crippen molar-refractivity contribution in [3.8, 4) is 0 Å². The maximum Gasteiger partial charge on any atom is 0.203 e. The van der Waals surface area contributed by atoms with Crippen LogP contribution in [0.4, 0.5) is 0 Å². The zero-order valence-corrected chi connectivity index (χ0v) is 30.4. The van der Waals surface area contributed by atoms with Crippen LogP contribution in [-0.2, 0) is 28.8 Å². The first kappa shape index (κ1) is 46.3. The summed E-state index contributed by atoms with van der Waals surface area (Å²) in [6, 6.07) is 0. The molecule has 0 amide bonds. The molecule has 0 bridgehead atoms. The molecule has 7 heteroatoms. The molecule has 0 aliphatic rings. The molecule has 0 fully saturated rings. The van der Waals surface area contributed by atoms with Gasteiger partial charge >= 0.3 is 0 Å². The minimum Gasteiger partial charge on any atom is -0.291 e. The van der Waals surface area contributed by atoms with Crippen LogP contribution in [0.2, 0.25) is 0 Å². The average molecular weight is 712 g/mol. The van der Waals surface area contributed by atoms with Crippen LogP contribution in [0.5, 0.6) is 0 Å². The summed E-state index contributed by atoms with van der Waals surface area (Å²) in [4.78, 5) is 69.2. The van der Waals surface area contributed by atoms with Gasteiger partial charge in [0.05, 0.1) is 0 Å². The van der Waals surface area contributed by atoms with Gasteiger partial charge in [-0.1, -0.05) is 123 Å². The van der Waals surface area contributed by atoms with Crippen molar-refractivity contribution in [1.82, 2.24) is 0 Å². The summed E-state index contributed by atoms with van der Waals surface area (Å²) in [5, 5.41) is 0. The molecule has 40 heavy (non-hydrogen) atoms. The number of ketones is 6. The molecule has 0 aromatic carbocycles. The number of Topliss-reactive ketones (excluding diaryl/α,β-unsaturated/α-hetero) is 6. The zero-order chi connectivity index (χ0) is 31.9. The molecule has 1 radical (unpaired) electrons. The number of carbonyl (C=O) groups excluding carboxylic acids is 6. The van der Waals surface area contributed by atoms with E-state index in [0.717, 1.165) is 38.5 Å². The van der Waals surface area contributed by atoms with E-state index in [2.05, 4.69) is 0 Å². The average Bonchev–Trinajstić information content (AvgIpc) is 2.80. The van der Waals surface area contributed by atoms with E-state index in [-0.39, 0.29) is 91.1 Å². The minimum atomic E-state index is -0.529. The molecule has 0 saturated heterocycles. The fourth-order valence-electron chi connectivity index (χ4n) is 3.47. The zero-order valence-electron chi connectivity index (χ0n) is 28.3. The third kappa shape index (κ3) is 19.4. The van der Waals surface area contributed by atoms with Gasteiger partial charge < -0.3 is 0 Å². The Kier molecular flexibility index (Phi) is 24.4. The Morgan fingerprint density at radius 1 is 0.425 bits per heavy atom. The molecule has 0 heterocycles. The number of hydrogen-bond acceptors (Lipinski definition) is 6. The van der Waals surface area contributed by atoms with Crippen LogP contribution in [0.3, 0.4) is 0 Å². The molecule has 237 valence electrons. The second kappa shape index (κ2) is 21.1. The topological polar surface area (TPSA) is 102 Å². The van der Waals surface area contributed by atoms with Crippen LogP contribution >= 0.6 is 0 Å². The molecule has 0 N–H and O–H groups in total. The summed E-state index contributed by atoms with van der Waals surface area (Å²) in [6.07, 6.45) is 5.26. The Bertz CT molecular complexity index is 712. The predicted molar refractivity (Wildman–Crippen MR) is 161 cm³/mol. The van der Waals surface area contributed by atoms with Crippen LogP contribution in [-0.4, -0.2) is 34.7 Å². The van der Waals surface area contributed by atoms with Gasteiger partial charge in [-0.25, -0.2) is 0 Å². The van der Waals surface area contributed by atoms with Crippen molar-refractivity contribution in [3.05, 3.63) is 0 Å². The SMILES string of the molecule is CCCC(C)C(=O)C(=O)C(C)(C)C.CCCC(C)C(=O)C(=O)C(C)(C)C.CCCC(C)C(=O)C(=O)C(C)(C)C.[Tb]. The summed E-state index contributed by atoms with van der Waals surface area (Å²) in [5.74, 6) is -1.71. The first-order chi connectivity index (χ1) is 17.4. The van der Waals surface area contributed by atoms with E-state index in [9.17, 15) is 28.8 Å². The van der Waals surface area contributed by atoms with Crippen LogP contribution in [0.1, 0.15) is 142 Å². The van der Waals surface area contributed by atoms with Crippen LogP contribution < -0.4 is 0 Å². The molecule has 0 spiro atoms. The van der Waals surface area contributed by atoms with Crippen molar-refractivity contribution >= 4 is 34.7 Å². The first-order valence-electron chi connectivity index (χ1n) is 14.7. The predicted octanol–water partition coefficient (Wildman–Crippen LogP) is 7.82. The van der Waals surface area contributed by atoms with E-state index < -0.39 is 16.2 Å². The second-order valence-electron chi connectivity index (χ2n) is 13.9. The molecule has 0 rings (SSSR count). The minimum absolute atomic E-state index is 0. The summed E-state index contributed by atoms with van der Waals surface area (Å²) in [7, 11) is 0. The van der Waals surface area contributed by atoms with Gasteiger partial charge in [0, 0.05) is 72.6 Å². The van der Waals surface area contributed by atoms with Gasteiger partial charge in [-0.2, -0.15) is 0 Å². The molecule has 0 aromatic rings. The maximum atomic E-state index is 11.5. The Hall–Kier alpha value is -0.694. The first-order valence-corrected chi connectivity index (χ1v) is 14.7. The van der Waals surface area contributed by atoms with Gasteiger partial charge in [0.15, 0.2) is 0 Å². The monoisotopic (exact) mass is 711 g/mol. The van der Waals surface area contributed by atoms with E-state index in [1.165, 1.54) is 0 Å². The summed E-state index contributed by atoms with van der Waals surface area (Å²) in [6.45, 7) is 27.6. The quantitative estimate of drug-likeness (QED) is 0.191. The second-order valence-corrected chi connectivity index (χ2v) is 13.9. The summed E-state index contributed by atoms with van der Waals surface area (Å²) in [5.41, 5.74) is -1.59. The Labute approximate surface area is 276 Å². The third-order valence-corrected chi connectivity index (χ3v) is 6.22. The standard InChI is InChI=1S/3C11H20O2.Tb/c3*1-6-7-8(2)9(12)10(13)11(3,4)5;/h3*8H,6-7H2,1-5H3;. The number of carbonyl (C=O) groups is 6. The van der Waals surface area contributed by atoms with Gasteiger partial charge in [-0.05, 0) is 19.3 Å². The fourth-order valence-corrected chi connectivity index (χ4v) is 3.47. The Balaban J connectivity index is -0.000000240. The molecular weight excluding hydrogens is 651 g/mol. The van der Waals surface area contributed by atoms with Gasteiger partial charge in [-0.3, -0.25) is 28.8 Å². The van der Waals surface area contributed by atoms with Crippen molar-refractivity contribution in [2.24, 2.45) is 34.0 Å². The largest absolute Gasteiger partial charge is 0.291 e. The maximum absolute atomic E-state index is 11.5. The molecule has 3 atom stereocenters. The Morgan fingerprint density at radius 2 is 0.575 bits per heavy atom. The smallest absolute Gasteiger partial charge is 0.203 e. The van der Waals surface area contributed by atoms with Gasteiger partial charge in [0.1, 0.15) is 0 Å². The molecule has 3 unspecified atom stereocenters. The van der Waals surface area contributed by atoms with E-state index >= 15 is 0 Å². The van der Waals surface area contributed by atoms with Crippen molar-refractivity contribution in [3.63, 3.8) is 0 Å². The third-order valence-electron chi connectivity index (χ3n) is 6.22. The number of hydrogen-bond donors (Lipinski definition) is 0. The van der Waals surface area contributed by atoms with Crippen molar-refractivity contribution in [2.45, 2.75) is 142 Å². The van der Waals surface area contributed by atoms with Crippen LogP contribution in [0, 0.1) is 72.6 Å². The van der Waals surface area contributed by atoms with E-state index in [4.69, 9.17) is 0 Å². The molecule has 0 saturated carbocycles. The molecular formula is C33H60O6Tb. The van der Waals surface area contributed by atoms with Gasteiger partial charge in [-0.15, -0.1) is 0 Å². The van der Waals surface area contributed by atoms with E-state index in [1.807, 2.05) is 41.5 Å². The van der Waals surface area contributed by atoms with Crippen molar-refractivity contribution < 1.29 is 67.4 Å². The summed E-state index contributed by atoms with van der Waals surface area (Å²) < 4.78 is 0. The molecule has 0 aromatic heterocycles. The van der Waals surface area contributed by atoms with E-state index in [1.54, 1.807) is 62.3 Å². The summed E-state index contributed by atoms with van der Waals surface area (Å²) >= 11 is 0. The number of rotatable bonds is 12. The van der Waals surface area contributed by atoms with Gasteiger partial charge in [0.25, 0.3) is 0 Å². The van der Waals surface area contributed by atoms with Crippen molar-refractivity contribution in [1.29, 1.82) is 0 Å². The normalized spacial score (nSPS) is 13.6. The Morgan fingerprint density at radius 3 is 0.675 bits per heavy atom. The molecule has 6 nitrogen and oxygen atoms in total. The van der Waals surface area contributed by atoms with Gasteiger partial charge in [0.2, 0.25) is 34.7 Å². The molecule has 0 aliphatic heterocycles. The fraction of sp³-hybridized carbons (Fsp3) is 0.818. The van der Waals surface area contributed by atoms with Crippen molar-refractivity contribution in [2.75, 3.05) is 0 Å². The van der Waals surface area contributed by atoms with Crippen LogP contribution in [0.15, 0.2) is 0 Å².